The predicted molar refractivity (Wildman–Crippen MR) is 100 cm³/mol. The first-order chi connectivity index (χ1) is 13.0. The van der Waals surface area contributed by atoms with E-state index >= 15 is 0 Å². The number of likely N-dealkylation sites (tertiary alicyclic amines) is 1. The molecule has 0 N–H and O–H groups in total. The van der Waals surface area contributed by atoms with Crippen molar-refractivity contribution >= 4 is 15.7 Å². The molecular weight excluding hydrogens is 364 g/mol. The minimum absolute atomic E-state index is 0.139. The highest BCUT2D eigenvalue weighted by molar-refractivity contribution is 7.92. The minimum Gasteiger partial charge on any atom is -0.497 e. The molecule has 0 spiro atoms. The van der Waals surface area contributed by atoms with Crippen molar-refractivity contribution in [3.05, 3.63) is 59.7 Å². The average Bonchev–Trinajstić information content (AvgIpc) is 2.73. The van der Waals surface area contributed by atoms with Gasteiger partial charge in [-0.3, -0.25) is 4.79 Å². The molecule has 6 nitrogen and oxygen atoms in total. The Kier molecular flexibility index (Phi) is 5.47. The van der Waals surface area contributed by atoms with Gasteiger partial charge in [0, 0.05) is 18.7 Å². The van der Waals surface area contributed by atoms with Crippen molar-refractivity contribution in [3.8, 4) is 11.8 Å². The van der Waals surface area contributed by atoms with Gasteiger partial charge in [-0.25, -0.2) is 8.42 Å². The van der Waals surface area contributed by atoms with Crippen LogP contribution in [0.5, 0.6) is 5.75 Å². The van der Waals surface area contributed by atoms with Crippen molar-refractivity contribution in [1.82, 2.24) is 4.90 Å². The number of ether oxygens (including phenoxy) is 1. The van der Waals surface area contributed by atoms with Crippen LogP contribution in [0.1, 0.15) is 28.8 Å². The summed E-state index contributed by atoms with van der Waals surface area (Å²) >= 11 is 0. The fourth-order valence-electron chi connectivity index (χ4n) is 3.20. The third kappa shape index (κ3) is 3.96. The summed E-state index contributed by atoms with van der Waals surface area (Å²) in [5.74, 6) is 0.469. The molecule has 2 aromatic carbocycles. The molecule has 0 unspecified atom stereocenters. The van der Waals surface area contributed by atoms with E-state index in [9.17, 15) is 13.2 Å². The van der Waals surface area contributed by atoms with Crippen LogP contribution >= 0.6 is 0 Å². The SMILES string of the molecule is COc1ccc(S(=O)(=O)C2CCN(C(=O)c3ccc(C#N)cc3)CC2)cc1. The maximum Gasteiger partial charge on any atom is 0.253 e. The third-order valence-electron chi connectivity index (χ3n) is 4.82. The Morgan fingerprint density at radius 3 is 2.19 bits per heavy atom. The summed E-state index contributed by atoms with van der Waals surface area (Å²) in [5.41, 5.74) is 1.00. The second-order valence-electron chi connectivity index (χ2n) is 6.40. The fraction of sp³-hybridized carbons (Fsp3) is 0.300. The van der Waals surface area contributed by atoms with Crippen LogP contribution in [0.2, 0.25) is 0 Å². The highest BCUT2D eigenvalue weighted by atomic mass is 32.2. The zero-order chi connectivity index (χ0) is 19.4. The fourth-order valence-corrected chi connectivity index (χ4v) is 4.93. The molecule has 0 aromatic heterocycles. The van der Waals surface area contributed by atoms with Crippen molar-refractivity contribution in [1.29, 1.82) is 5.26 Å². The first kappa shape index (κ1) is 18.9. The van der Waals surface area contributed by atoms with Gasteiger partial charge in [-0.2, -0.15) is 5.26 Å². The number of benzene rings is 2. The van der Waals surface area contributed by atoms with E-state index in [1.54, 1.807) is 53.4 Å². The largest absolute Gasteiger partial charge is 0.497 e. The Hall–Kier alpha value is -2.85. The lowest BCUT2D eigenvalue weighted by atomic mass is 10.1. The van der Waals surface area contributed by atoms with Crippen molar-refractivity contribution in [2.45, 2.75) is 23.0 Å². The number of amides is 1. The number of nitriles is 1. The molecule has 1 saturated heterocycles. The summed E-state index contributed by atoms with van der Waals surface area (Å²) in [7, 11) is -1.91. The number of carbonyl (C=O) groups is 1. The molecule has 0 bridgehead atoms. The lowest BCUT2D eigenvalue weighted by Gasteiger charge is -2.31. The normalized spacial score (nSPS) is 15.2. The third-order valence-corrected chi connectivity index (χ3v) is 7.10. The number of hydrogen-bond acceptors (Lipinski definition) is 5. The Balaban J connectivity index is 1.66. The van der Waals surface area contributed by atoms with Crippen molar-refractivity contribution in [3.63, 3.8) is 0 Å². The quantitative estimate of drug-likeness (QED) is 0.809. The number of hydrogen-bond donors (Lipinski definition) is 0. The summed E-state index contributed by atoms with van der Waals surface area (Å²) < 4.78 is 30.7. The number of piperidine rings is 1. The van der Waals surface area contributed by atoms with Gasteiger partial charge in [-0.15, -0.1) is 0 Å². The van der Waals surface area contributed by atoms with E-state index in [0.717, 1.165) is 0 Å². The molecule has 0 atom stereocenters. The molecule has 1 heterocycles. The highest BCUT2D eigenvalue weighted by Crippen LogP contribution is 2.26. The standard InChI is InChI=1S/C20H20N2O4S/c1-26-17-6-8-18(9-7-17)27(24,25)19-10-12-22(13-11-19)20(23)16-4-2-15(14-21)3-5-16/h2-9,19H,10-13H2,1H3. The first-order valence-corrected chi connectivity index (χ1v) is 10.2. The smallest absolute Gasteiger partial charge is 0.253 e. The highest BCUT2D eigenvalue weighted by Gasteiger charge is 2.33. The van der Waals surface area contributed by atoms with Crippen LogP contribution in [-0.4, -0.2) is 44.7 Å². The van der Waals surface area contributed by atoms with Crippen LogP contribution < -0.4 is 4.74 Å². The molecular formula is C20H20N2O4S. The van der Waals surface area contributed by atoms with Gasteiger partial charge in [-0.05, 0) is 61.4 Å². The maximum atomic E-state index is 12.8. The minimum atomic E-state index is -3.44. The molecule has 1 aliphatic rings. The van der Waals surface area contributed by atoms with Crippen molar-refractivity contribution < 1.29 is 17.9 Å². The van der Waals surface area contributed by atoms with Crippen molar-refractivity contribution in [2.24, 2.45) is 0 Å². The van der Waals surface area contributed by atoms with Gasteiger partial charge in [-0.1, -0.05) is 0 Å². The van der Waals surface area contributed by atoms with Crippen LogP contribution in [0.25, 0.3) is 0 Å². The van der Waals surface area contributed by atoms with Crippen LogP contribution in [0.3, 0.4) is 0 Å². The molecule has 1 fully saturated rings. The first-order valence-electron chi connectivity index (χ1n) is 8.63. The zero-order valence-corrected chi connectivity index (χ0v) is 15.8. The van der Waals surface area contributed by atoms with Gasteiger partial charge in [0.1, 0.15) is 5.75 Å². The van der Waals surface area contributed by atoms with Crippen LogP contribution in [0.15, 0.2) is 53.4 Å². The van der Waals surface area contributed by atoms with E-state index in [-0.39, 0.29) is 10.8 Å². The maximum absolute atomic E-state index is 12.8. The van der Waals surface area contributed by atoms with Crippen molar-refractivity contribution in [2.75, 3.05) is 20.2 Å². The van der Waals surface area contributed by atoms with Gasteiger partial charge in [0.25, 0.3) is 5.91 Å². The van der Waals surface area contributed by atoms with E-state index in [1.807, 2.05) is 6.07 Å². The van der Waals surface area contributed by atoms with Gasteiger partial charge in [0.15, 0.2) is 9.84 Å². The van der Waals surface area contributed by atoms with Gasteiger partial charge in [0.2, 0.25) is 0 Å². The molecule has 27 heavy (non-hydrogen) atoms. The second kappa shape index (κ2) is 7.80. The summed E-state index contributed by atoms with van der Waals surface area (Å²) in [6, 6.07) is 14.9. The molecule has 1 amide bonds. The molecule has 0 aliphatic carbocycles. The topological polar surface area (TPSA) is 87.5 Å². The molecule has 3 rings (SSSR count). The number of rotatable bonds is 4. The Bertz CT molecular complexity index is 953. The summed E-state index contributed by atoms with van der Waals surface area (Å²) in [6.07, 6.45) is 0.798. The van der Waals surface area contributed by atoms with Crippen LogP contribution in [-0.2, 0) is 9.84 Å². The predicted octanol–water partition coefficient (Wildman–Crippen LogP) is 2.65. The van der Waals surface area contributed by atoms with E-state index in [0.29, 0.717) is 42.8 Å². The molecule has 140 valence electrons. The monoisotopic (exact) mass is 384 g/mol. The van der Waals surface area contributed by atoms with E-state index in [4.69, 9.17) is 10.00 Å². The number of methoxy groups -OCH3 is 1. The second-order valence-corrected chi connectivity index (χ2v) is 8.63. The van der Waals surface area contributed by atoms with E-state index in [1.165, 1.54) is 7.11 Å². The molecule has 0 saturated carbocycles. The summed E-state index contributed by atoms with van der Waals surface area (Å²) in [5, 5.41) is 8.33. The van der Waals surface area contributed by atoms with E-state index < -0.39 is 15.1 Å². The molecule has 2 aromatic rings. The van der Waals surface area contributed by atoms with Crippen LogP contribution in [0, 0.1) is 11.3 Å². The van der Waals surface area contributed by atoms with Gasteiger partial charge >= 0.3 is 0 Å². The summed E-state index contributed by atoms with van der Waals surface area (Å²) in [4.78, 5) is 14.5. The number of carbonyl (C=O) groups excluding carboxylic acids is 1. The average molecular weight is 384 g/mol. The molecule has 7 heteroatoms. The Labute approximate surface area is 158 Å². The lowest BCUT2D eigenvalue weighted by Crippen LogP contribution is -2.42. The van der Waals surface area contributed by atoms with Gasteiger partial charge in [0.05, 0.1) is 28.9 Å². The van der Waals surface area contributed by atoms with E-state index in [2.05, 4.69) is 0 Å². The molecule has 0 radical (unpaired) electrons. The zero-order valence-electron chi connectivity index (χ0n) is 15.0. The van der Waals surface area contributed by atoms with Gasteiger partial charge < -0.3 is 9.64 Å². The Morgan fingerprint density at radius 1 is 1.07 bits per heavy atom. The number of sulfone groups is 1. The molecule has 1 aliphatic heterocycles. The van der Waals surface area contributed by atoms with Crippen LogP contribution in [0.4, 0.5) is 0 Å². The lowest BCUT2D eigenvalue weighted by molar-refractivity contribution is 0.0725. The Morgan fingerprint density at radius 2 is 1.67 bits per heavy atom. The number of nitrogens with zero attached hydrogens (tertiary/aromatic N) is 2. The summed E-state index contributed by atoms with van der Waals surface area (Å²) in [6.45, 7) is 0.776.